The molecule has 0 radical (unpaired) electrons. The number of aromatic amines is 1. The van der Waals surface area contributed by atoms with E-state index in [1.807, 2.05) is 26.0 Å². The molecule has 0 saturated heterocycles. The summed E-state index contributed by atoms with van der Waals surface area (Å²) in [5, 5.41) is 0. The van der Waals surface area contributed by atoms with Crippen LogP contribution >= 0.6 is 0 Å². The maximum Gasteiger partial charge on any atom is 0.270 e. The number of aromatic nitrogens is 2. The molecular weight excluding hydrogens is 304 g/mol. The molecule has 0 fully saturated rings. The molecule has 0 unspecified atom stereocenters. The number of methoxy groups -OCH3 is 1. The highest BCUT2D eigenvalue weighted by Gasteiger charge is 2.13. The van der Waals surface area contributed by atoms with Crippen LogP contribution in [0.2, 0.25) is 0 Å². The van der Waals surface area contributed by atoms with Gasteiger partial charge in [-0.05, 0) is 61.4 Å². The number of aryl methyl sites for hydroxylation is 2. The first-order chi connectivity index (χ1) is 11.5. The van der Waals surface area contributed by atoms with Gasteiger partial charge in [0.15, 0.2) is 5.78 Å². The molecule has 3 aromatic rings. The van der Waals surface area contributed by atoms with Crippen molar-refractivity contribution in [3.05, 3.63) is 69.1 Å². The molecule has 0 saturated carbocycles. The van der Waals surface area contributed by atoms with E-state index in [0.717, 1.165) is 11.1 Å². The monoisotopic (exact) mass is 322 g/mol. The molecule has 122 valence electrons. The molecule has 0 aliphatic rings. The summed E-state index contributed by atoms with van der Waals surface area (Å²) in [4.78, 5) is 31.8. The lowest BCUT2D eigenvalue weighted by Crippen LogP contribution is -2.19. The molecule has 0 aliphatic heterocycles. The predicted molar refractivity (Wildman–Crippen MR) is 92.9 cm³/mol. The van der Waals surface area contributed by atoms with Gasteiger partial charge in [-0.25, -0.2) is 4.98 Å². The van der Waals surface area contributed by atoms with Crippen LogP contribution in [0.15, 0.2) is 41.2 Å². The van der Waals surface area contributed by atoms with E-state index in [1.54, 1.807) is 31.4 Å². The Labute approximate surface area is 139 Å². The fourth-order valence-electron chi connectivity index (χ4n) is 2.54. The number of carbonyl (C=O) groups excluding carboxylic acids is 1. The summed E-state index contributed by atoms with van der Waals surface area (Å²) >= 11 is 0. The Hall–Kier alpha value is -2.95. The van der Waals surface area contributed by atoms with Gasteiger partial charge in [-0.1, -0.05) is 0 Å². The third kappa shape index (κ3) is 3.06. The number of carbonyl (C=O) groups is 1. The van der Waals surface area contributed by atoms with E-state index >= 15 is 0 Å². The van der Waals surface area contributed by atoms with Crippen LogP contribution in [0.3, 0.4) is 0 Å². The zero-order valence-corrected chi connectivity index (χ0v) is 13.8. The summed E-state index contributed by atoms with van der Waals surface area (Å²) in [7, 11) is 1.57. The van der Waals surface area contributed by atoms with Crippen molar-refractivity contribution in [3.8, 4) is 5.75 Å². The Morgan fingerprint density at radius 2 is 1.79 bits per heavy atom. The van der Waals surface area contributed by atoms with Crippen molar-refractivity contribution >= 4 is 16.8 Å². The van der Waals surface area contributed by atoms with E-state index in [0.29, 0.717) is 22.3 Å². The van der Waals surface area contributed by atoms with Crippen molar-refractivity contribution in [2.24, 2.45) is 0 Å². The number of benzene rings is 2. The average molecular weight is 322 g/mol. The van der Waals surface area contributed by atoms with E-state index in [1.165, 1.54) is 0 Å². The molecule has 1 heterocycles. The smallest absolute Gasteiger partial charge is 0.270 e. The van der Waals surface area contributed by atoms with Crippen LogP contribution in [0.1, 0.15) is 27.2 Å². The molecule has 0 aliphatic carbocycles. The van der Waals surface area contributed by atoms with Crippen molar-refractivity contribution in [3.63, 3.8) is 0 Å². The molecule has 1 aromatic heterocycles. The number of ketones is 1. The molecule has 2 aromatic carbocycles. The number of Topliss-reactive ketones (excluding diaryl/α,β-unsaturated/α-hetero) is 1. The highest BCUT2D eigenvalue weighted by molar-refractivity contribution is 5.97. The Morgan fingerprint density at radius 1 is 1.12 bits per heavy atom. The largest absolute Gasteiger partial charge is 0.497 e. The van der Waals surface area contributed by atoms with Gasteiger partial charge in [-0.3, -0.25) is 9.59 Å². The van der Waals surface area contributed by atoms with Crippen LogP contribution < -0.4 is 10.3 Å². The van der Waals surface area contributed by atoms with Crippen molar-refractivity contribution < 1.29 is 9.53 Å². The van der Waals surface area contributed by atoms with Crippen LogP contribution in [-0.4, -0.2) is 22.9 Å². The van der Waals surface area contributed by atoms with Gasteiger partial charge in [-0.15, -0.1) is 0 Å². The second-order valence-corrected chi connectivity index (χ2v) is 5.79. The van der Waals surface area contributed by atoms with Gasteiger partial charge < -0.3 is 9.72 Å². The van der Waals surface area contributed by atoms with E-state index in [2.05, 4.69) is 9.97 Å². The van der Waals surface area contributed by atoms with Gasteiger partial charge in [0.25, 0.3) is 5.56 Å². The van der Waals surface area contributed by atoms with Crippen molar-refractivity contribution in [1.82, 2.24) is 9.97 Å². The third-order valence-corrected chi connectivity index (χ3v) is 4.12. The van der Waals surface area contributed by atoms with Crippen LogP contribution in [0.4, 0.5) is 0 Å². The third-order valence-electron chi connectivity index (χ3n) is 4.12. The molecule has 0 atom stereocenters. The highest BCUT2D eigenvalue weighted by Crippen LogP contribution is 2.16. The Morgan fingerprint density at radius 3 is 2.46 bits per heavy atom. The fraction of sp³-hybridized carbons (Fsp3) is 0.211. The Balaban J connectivity index is 1.93. The quantitative estimate of drug-likeness (QED) is 0.750. The molecule has 5 nitrogen and oxygen atoms in total. The number of ether oxygens (including phenoxy) is 1. The van der Waals surface area contributed by atoms with Crippen LogP contribution in [0, 0.1) is 13.8 Å². The average Bonchev–Trinajstić information content (AvgIpc) is 2.57. The minimum Gasteiger partial charge on any atom is -0.497 e. The Bertz CT molecular complexity index is 972. The van der Waals surface area contributed by atoms with Crippen LogP contribution in [0.5, 0.6) is 5.75 Å². The van der Waals surface area contributed by atoms with E-state index in [-0.39, 0.29) is 23.5 Å². The fourth-order valence-corrected chi connectivity index (χ4v) is 2.54. The second kappa shape index (κ2) is 6.28. The molecule has 0 amide bonds. The van der Waals surface area contributed by atoms with E-state index in [9.17, 15) is 9.59 Å². The highest BCUT2D eigenvalue weighted by atomic mass is 16.5. The lowest BCUT2D eigenvalue weighted by Gasteiger charge is -2.06. The zero-order chi connectivity index (χ0) is 17.3. The number of rotatable bonds is 4. The maximum atomic E-state index is 12.4. The zero-order valence-electron chi connectivity index (χ0n) is 13.8. The molecule has 3 rings (SSSR count). The maximum absolute atomic E-state index is 12.4. The Kier molecular flexibility index (Phi) is 4.16. The molecule has 24 heavy (non-hydrogen) atoms. The number of fused-ring (bicyclic) bond motifs is 1. The summed E-state index contributed by atoms with van der Waals surface area (Å²) in [6.45, 7) is 3.97. The minimum absolute atomic E-state index is 0.0372. The van der Waals surface area contributed by atoms with Gasteiger partial charge in [0, 0.05) is 5.56 Å². The normalized spacial score (nSPS) is 10.8. The summed E-state index contributed by atoms with van der Waals surface area (Å²) < 4.78 is 5.08. The molecule has 5 heteroatoms. The number of hydrogen-bond acceptors (Lipinski definition) is 4. The number of nitrogens with one attached hydrogen (secondary N) is 1. The summed E-state index contributed by atoms with van der Waals surface area (Å²) in [6.07, 6.45) is -0.0372. The van der Waals surface area contributed by atoms with Crippen molar-refractivity contribution in [1.29, 1.82) is 0 Å². The summed E-state index contributed by atoms with van der Waals surface area (Å²) in [5.41, 5.74) is 3.98. The summed E-state index contributed by atoms with van der Waals surface area (Å²) in [6, 6.07) is 10.6. The number of H-pyrrole nitrogens is 1. The molecule has 0 bridgehead atoms. The number of hydrogen-bond donors (Lipinski definition) is 1. The molecular formula is C19H18N2O3. The first kappa shape index (κ1) is 15.9. The van der Waals surface area contributed by atoms with Crippen molar-refractivity contribution in [2.75, 3.05) is 7.11 Å². The second-order valence-electron chi connectivity index (χ2n) is 5.79. The first-order valence-corrected chi connectivity index (χ1v) is 7.65. The van der Waals surface area contributed by atoms with Crippen LogP contribution in [0.25, 0.3) is 11.0 Å². The van der Waals surface area contributed by atoms with Crippen molar-refractivity contribution in [2.45, 2.75) is 20.3 Å². The van der Waals surface area contributed by atoms with Gasteiger partial charge in [0.2, 0.25) is 0 Å². The first-order valence-electron chi connectivity index (χ1n) is 7.65. The number of nitrogens with zero attached hydrogens (tertiary/aromatic N) is 1. The van der Waals surface area contributed by atoms with Gasteiger partial charge >= 0.3 is 0 Å². The van der Waals surface area contributed by atoms with E-state index in [4.69, 9.17) is 4.74 Å². The molecule has 0 spiro atoms. The minimum atomic E-state index is -0.326. The predicted octanol–water partition coefficient (Wildman–Crippen LogP) is 2.97. The SMILES string of the molecule is COc1ccc(C(=O)Cc2nc3cc(C)c(C)cc3[nH]c2=O)cc1. The van der Waals surface area contributed by atoms with Gasteiger partial charge in [0.1, 0.15) is 11.4 Å². The van der Waals surface area contributed by atoms with Gasteiger partial charge in [0.05, 0.1) is 24.6 Å². The lowest BCUT2D eigenvalue weighted by atomic mass is 10.1. The lowest BCUT2D eigenvalue weighted by molar-refractivity contribution is 0.0991. The topological polar surface area (TPSA) is 72.0 Å². The van der Waals surface area contributed by atoms with Gasteiger partial charge in [-0.2, -0.15) is 0 Å². The standard InChI is InChI=1S/C19H18N2O3/c1-11-8-15-16(9-12(11)2)21-19(23)17(20-15)10-18(22)13-4-6-14(24-3)7-5-13/h4-9H,10H2,1-3H3,(H,21,23). The van der Waals surface area contributed by atoms with Crippen LogP contribution in [-0.2, 0) is 6.42 Å². The molecule has 1 N–H and O–H groups in total. The van der Waals surface area contributed by atoms with E-state index < -0.39 is 0 Å². The summed E-state index contributed by atoms with van der Waals surface area (Å²) in [5.74, 6) is 0.526.